The van der Waals surface area contributed by atoms with Crippen LogP contribution in [0.2, 0.25) is 0 Å². The van der Waals surface area contributed by atoms with E-state index in [0.29, 0.717) is 0 Å². The molecular formula is C15H19NOS. The number of carbonyl (C=O) groups is 1. The molecule has 0 atom stereocenters. The second-order valence-corrected chi connectivity index (χ2v) is 5.99. The van der Waals surface area contributed by atoms with Crippen LogP contribution < -0.4 is 0 Å². The molecule has 1 fully saturated rings. The molecule has 96 valence electrons. The molecule has 1 aromatic rings. The van der Waals surface area contributed by atoms with Crippen LogP contribution in [0.3, 0.4) is 0 Å². The largest absolute Gasteiger partial charge is 0.324 e. The van der Waals surface area contributed by atoms with Crippen molar-refractivity contribution in [3.05, 3.63) is 40.8 Å². The Bertz CT molecular complexity index is 465. The van der Waals surface area contributed by atoms with Crippen molar-refractivity contribution in [2.24, 2.45) is 0 Å². The molecule has 1 aliphatic rings. The van der Waals surface area contributed by atoms with Gasteiger partial charge in [0.25, 0.3) is 5.24 Å². The molecule has 0 saturated carbocycles. The summed E-state index contributed by atoms with van der Waals surface area (Å²) in [4.78, 5) is 15.1. The Morgan fingerprint density at radius 2 is 1.94 bits per heavy atom. The van der Waals surface area contributed by atoms with Gasteiger partial charge in [-0.05, 0) is 43.7 Å². The average Bonchev–Trinajstić information content (AvgIpc) is 2.55. The lowest BCUT2D eigenvalue weighted by molar-refractivity contribution is 0.187. The topological polar surface area (TPSA) is 20.3 Å². The van der Waals surface area contributed by atoms with Crippen LogP contribution in [0.4, 0.5) is 4.79 Å². The summed E-state index contributed by atoms with van der Waals surface area (Å²) in [6.45, 7) is 7.17. The Hall–Kier alpha value is -1.22. The number of thioether (sulfide) groups is 1. The van der Waals surface area contributed by atoms with E-state index in [2.05, 4.69) is 39.0 Å². The summed E-state index contributed by atoms with van der Waals surface area (Å²) >= 11 is 1.36. The maximum absolute atomic E-state index is 12.0. The van der Waals surface area contributed by atoms with Crippen molar-refractivity contribution in [3.8, 4) is 0 Å². The highest BCUT2D eigenvalue weighted by molar-refractivity contribution is 8.17. The van der Waals surface area contributed by atoms with Gasteiger partial charge in [-0.15, -0.1) is 0 Å². The molecule has 1 amide bonds. The van der Waals surface area contributed by atoms with Gasteiger partial charge in [0.15, 0.2) is 0 Å². The predicted octanol–water partition coefficient (Wildman–Crippen LogP) is 4.38. The van der Waals surface area contributed by atoms with E-state index in [1.807, 2.05) is 23.1 Å². The monoisotopic (exact) mass is 261 g/mol. The standard InChI is InChI=1S/C15H19NOS/c1-4-10-16-14(17)18-13(15(16,2)3)11-12-8-6-5-7-9-12/h5-9,11H,4,10H2,1-3H3/b13-11-. The number of nitrogens with zero attached hydrogens (tertiary/aromatic N) is 1. The number of amides is 1. The van der Waals surface area contributed by atoms with Crippen molar-refractivity contribution < 1.29 is 4.79 Å². The fraction of sp³-hybridized carbons (Fsp3) is 0.400. The molecule has 0 radical (unpaired) electrons. The van der Waals surface area contributed by atoms with Crippen molar-refractivity contribution in [3.63, 3.8) is 0 Å². The summed E-state index contributed by atoms with van der Waals surface area (Å²) in [5.74, 6) is 0. The Labute approximate surface area is 113 Å². The lowest BCUT2D eigenvalue weighted by Crippen LogP contribution is -2.41. The molecule has 2 rings (SSSR count). The molecule has 0 spiro atoms. The summed E-state index contributed by atoms with van der Waals surface area (Å²) in [5.41, 5.74) is 0.965. The van der Waals surface area contributed by atoms with Crippen LogP contribution in [0.25, 0.3) is 6.08 Å². The third-order valence-electron chi connectivity index (χ3n) is 3.24. The van der Waals surface area contributed by atoms with Gasteiger partial charge in [0, 0.05) is 11.4 Å². The molecule has 1 heterocycles. The number of hydrogen-bond donors (Lipinski definition) is 0. The van der Waals surface area contributed by atoms with Gasteiger partial charge in [0.05, 0.1) is 5.54 Å². The van der Waals surface area contributed by atoms with E-state index >= 15 is 0 Å². The SMILES string of the molecule is CCCN1C(=O)S/C(=C\c2ccccc2)C1(C)C. The molecule has 0 bridgehead atoms. The Kier molecular flexibility index (Phi) is 3.81. The number of carbonyl (C=O) groups excluding carboxylic acids is 1. The van der Waals surface area contributed by atoms with Gasteiger partial charge in [0.2, 0.25) is 0 Å². The molecule has 0 aliphatic carbocycles. The first-order chi connectivity index (χ1) is 8.55. The van der Waals surface area contributed by atoms with E-state index in [-0.39, 0.29) is 10.8 Å². The zero-order chi connectivity index (χ0) is 13.2. The van der Waals surface area contributed by atoms with E-state index in [1.54, 1.807) is 0 Å². The van der Waals surface area contributed by atoms with Gasteiger partial charge in [-0.2, -0.15) is 0 Å². The van der Waals surface area contributed by atoms with Crippen LogP contribution in [0.5, 0.6) is 0 Å². The molecule has 2 nitrogen and oxygen atoms in total. The maximum Gasteiger partial charge on any atom is 0.286 e. The van der Waals surface area contributed by atoms with Crippen molar-refractivity contribution in [2.75, 3.05) is 6.54 Å². The fourth-order valence-electron chi connectivity index (χ4n) is 2.14. The van der Waals surface area contributed by atoms with Gasteiger partial charge >= 0.3 is 0 Å². The van der Waals surface area contributed by atoms with Gasteiger partial charge in [0.1, 0.15) is 0 Å². The van der Waals surface area contributed by atoms with Crippen LogP contribution in [-0.4, -0.2) is 22.2 Å². The Morgan fingerprint density at radius 1 is 1.28 bits per heavy atom. The van der Waals surface area contributed by atoms with Gasteiger partial charge < -0.3 is 4.90 Å². The number of benzene rings is 1. The normalized spacial score (nSPS) is 20.7. The number of rotatable bonds is 3. The first-order valence-corrected chi connectivity index (χ1v) is 7.14. The molecule has 3 heteroatoms. The zero-order valence-electron chi connectivity index (χ0n) is 11.1. The summed E-state index contributed by atoms with van der Waals surface area (Å²) in [7, 11) is 0. The zero-order valence-corrected chi connectivity index (χ0v) is 12.0. The smallest absolute Gasteiger partial charge is 0.286 e. The minimum Gasteiger partial charge on any atom is -0.324 e. The van der Waals surface area contributed by atoms with Crippen LogP contribution >= 0.6 is 11.8 Å². The maximum atomic E-state index is 12.0. The van der Waals surface area contributed by atoms with Gasteiger partial charge in [-0.3, -0.25) is 4.79 Å². The van der Waals surface area contributed by atoms with Crippen molar-refractivity contribution in [2.45, 2.75) is 32.7 Å². The second kappa shape index (κ2) is 5.19. The number of hydrogen-bond acceptors (Lipinski definition) is 2. The van der Waals surface area contributed by atoms with Crippen molar-refractivity contribution in [1.29, 1.82) is 0 Å². The van der Waals surface area contributed by atoms with E-state index in [0.717, 1.165) is 23.4 Å². The fourth-order valence-corrected chi connectivity index (χ4v) is 3.31. The van der Waals surface area contributed by atoms with Crippen LogP contribution in [0.1, 0.15) is 32.8 Å². The second-order valence-electron chi connectivity index (χ2n) is 5.00. The molecule has 18 heavy (non-hydrogen) atoms. The highest BCUT2D eigenvalue weighted by atomic mass is 32.2. The summed E-state index contributed by atoms with van der Waals surface area (Å²) in [6.07, 6.45) is 3.12. The molecule has 0 aromatic heterocycles. The van der Waals surface area contributed by atoms with Crippen molar-refractivity contribution in [1.82, 2.24) is 4.90 Å². The molecular weight excluding hydrogens is 242 g/mol. The van der Waals surface area contributed by atoms with Gasteiger partial charge in [-0.25, -0.2) is 0 Å². The Balaban J connectivity index is 2.30. The highest BCUT2D eigenvalue weighted by Crippen LogP contribution is 2.43. The Morgan fingerprint density at radius 3 is 2.56 bits per heavy atom. The van der Waals surface area contributed by atoms with E-state index in [9.17, 15) is 4.79 Å². The minimum atomic E-state index is -0.187. The minimum absolute atomic E-state index is 0.170. The van der Waals surface area contributed by atoms with E-state index in [4.69, 9.17) is 0 Å². The summed E-state index contributed by atoms with van der Waals surface area (Å²) in [6, 6.07) is 10.2. The molecule has 1 saturated heterocycles. The molecule has 0 unspecified atom stereocenters. The average molecular weight is 261 g/mol. The van der Waals surface area contributed by atoms with Crippen LogP contribution in [0.15, 0.2) is 35.2 Å². The third kappa shape index (κ3) is 2.46. The molecule has 1 aromatic carbocycles. The highest BCUT2D eigenvalue weighted by Gasteiger charge is 2.42. The molecule has 1 aliphatic heterocycles. The van der Waals surface area contributed by atoms with Crippen LogP contribution in [0, 0.1) is 0 Å². The van der Waals surface area contributed by atoms with Crippen LogP contribution in [-0.2, 0) is 0 Å². The van der Waals surface area contributed by atoms with Crippen molar-refractivity contribution >= 4 is 23.1 Å². The molecule has 0 N–H and O–H groups in total. The summed E-state index contributed by atoms with van der Waals surface area (Å²) < 4.78 is 0. The van der Waals surface area contributed by atoms with Gasteiger partial charge in [-0.1, -0.05) is 37.3 Å². The van der Waals surface area contributed by atoms with E-state index < -0.39 is 0 Å². The third-order valence-corrected chi connectivity index (χ3v) is 4.47. The first-order valence-electron chi connectivity index (χ1n) is 6.32. The lowest BCUT2D eigenvalue weighted by Gasteiger charge is -2.31. The predicted molar refractivity (Wildman–Crippen MR) is 78.5 cm³/mol. The van der Waals surface area contributed by atoms with E-state index in [1.165, 1.54) is 11.8 Å². The lowest BCUT2D eigenvalue weighted by atomic mass is 10.0. The quantitative estimate of drug-likeness (QED) is 0.804. The summed E-state index contributed by atoms with van der Waals surface area (Å²) in [5, 5.41) is 0.170. The first kappa shape index (κ1) is 13.2.